The molecule has 1 aromatic rings. The Hall–Kier alpha value is -1.73. The van der Waals surface area contributed by atoms with Crippen molar-refractivity contribution in [2.75, 3.05) is 44.7 Å². The van der Waals surface area contributed by atoms with Crippen LogP contribution in [0.1, 0.15) is 6.42 Å². The molecule has 0 aromatic carbocycles. The molecule has 104 valence electrons. The Morgan fingerprint density at radius 2 is 2.26 bits per heavy atom. The molecular formula is C12H18N4O3. The largest absolute Gasteiger partial charge is 0.379 e. The molecule has 0 bridgehead atoms. The van der Waals surface area contributed by atoms with Gasteiger partial charge in [0.1, 0.15) is 5.82 Å². The molecule has 0 saturated carbocycles. The summed E-state index contributed by atoms with van der Waals surface area (Å²) < 4.78 is 5.28. The van der Waals surface area contributed by atoms with Gasteiger partial charge in [0.15, 0.2) is 0 Å². The first-order valence-electron chi connectivity index (χ1n) is 6.40. The zero-order chi connectivity index (χ0) is 13.5. The number of anilines is 1. The minimum absolute atomic E-state index is 0.0608. The SMILES string of the molecule is O=[N+]([O-])c1ccnc(NCCCN2CCOCC2)c1. The van der Waals surface area contributed by atoms with Crippen LogP contribution in [0.4, 0.5) is 11.5 Å². The van der Waals surface area contributed by atoms with Crippen molar-refractivity contribution in [2.24, 2.45) is 0 Å². The second-order valence-corrected chi connectivity index (χ2v) is 4.39. The Morgan fingerprint density at radius 1 is 1.47 bits per heavy atom. The van der Waals surface area contributed by atoms with Gasteiger partial charge < -0.3 is 10.1 Å². The maximum absolute atomic E-state index is 10.6. The topological polar surface area (TPSA) is 80.5 Å². The highest BCUT2D eigenvalue weighted by atomic mass is 16.6. The van der Waals surface area contributed by atoms with E-state index in [9.17, 15) is 10.1 Å². The molecule has 19 heavy (non-hydrogen) atoms. The molecule has 1 fully saturated rings. The summed E-state index contributed by atoms with van der Waals surface area (Å²) in [6.45, 7) is 5.33. The van der Waals surface area contributed by atoms with Crippen LogP contribution >= 0.6 is 0 Å². The second-order valence-electron chi connectivity index (χ2n) is 4.39. The van der Waals surface area contributed by atoms with Crippen molar-refractivity contribution in [3.8, 4) is 0 Å². The highest BCUT2D eigenvalue weighted by Crippen LogP contribution is 2.13. The Morgan fingerprint density at radius 3 is 3.00 bits per heavy atom. The standard InChI is InChI=1S/C12H18N4O3/c17-16(18)11-2-4-14-12(10-11)13-3-1-5-15-6-8-19-9-7-15/h2,4,10H,1,3,5-9H2,(H,13,14). The van der Waals surface area contributed by atoms with Crippen molar-refractivity contribution in [2.45, 2.75) is 6.42 Å². The lowest BCUT2D eigenvalue weighted by Gasteiger charge is -2.26. The molecule has 0 spiro atoms. The van der Waals surface area contributed by atoms with Gasteiger partial charge in [-0.3, -0.25) is 15.0 Å². The van der Waals surface area contributed by atoms with Gasteiger partial charge in [0.25, 0.3) is 5.69 Å². The molecule has 0 aliphatic carbocycles. The third kappa shape index (κ3) is 4.46. The highest BCUT2D eigenvalue weighted by Gasteiger charge is 2.09. The van der Waals surface area contributed by atoms with Crippen LogP contribution in [0.2, 0.25) is 0 Å². The van der Waals surface area contributed by atoms with Crippen LogP contribution in [-0.4, -0.2) is 54.2 Å². The summed E-state index contributed by atoms with van der Waals surface area (Å²) >= 11 is 0. The van der Waals surface area contributed by atoms with E-state index >= 15 is 0 Å². The molecule has 1 N–H and O–H groups in total. The average molecular weight is 266 g/mol. The van der Waals surface area contributed by atoms with E-state index in [2.05, 4.69) is 15.2 Å². The number of morpholine rings is 1. The van der Waals surface area contributed by atoms with Crippen molar-refractivity contribution in [1.29, 1.82) is 0 Å². The molecule has 1 aromatic heterocycles. The third-order valence-corrected chi connectivity index (χ3v) is 3.02. The van der Waals surface area contributed by atoms with Gasteiger partial charge in [-0.1, -0.05) is 0 Å². The van der Waals surface area contributed by atoms with Crippen molar-refractivity contribution < 1.29 is 9.66 Å². The van der Waals surface area contributed by atoms with Crippen molar-refractivity contribution in [1.82, 2.24) is 9.88 Å². The number of nitro groups is 1. The first-order valence-corrected chi connectivity index (χ1v) is 6.40. The van der Waals surface area contributed by atoms with E-state index in [1.165, 1.54) is 18.3 Å². The van der Waals surface area contributed by atoms with Gasteiger partial charge in [0.2, 0.25) is 0 Å². The van der Waals surface area contributed by atoms with Crippen molar-refractivity contribution in [3.05, 3.63) is 28.4 Å². The molecule has 2 rings (SSSR count). The average Bonchev–Trinajstić information content (AvgIpc) is 2.45. The molecule has 0 amide bonds. The Kier molecular flexibility index (Phi) is 5.05. The second kappa shape index (κ2) is 7.01. The van der Waals surface area contributed by atoms with Crippen molar-refractivity contribution in [3.63, 3.8) is 0 Å². The quantitative estimate of drug-likeness (QED) is 0.472. The van der Waals surface area contributed by atoms with Crippen LogP contribution < -0.4 is 5.32 Å². The lowest BCUT2D eigenvalue weighted by atomic mass is 10.3. The number of pyridine rings is 1. The molecule has 0 atom stereocenters. The van der Waals surface area contributed by atoms with Crippen LogP contribution in [0.3, 0.4) is 0 Å². The lowest BCUT2D eigenvalue weighted by molar-refractivity contribution is -0.384. The molecule has 0 radical (unpaired) electrons. The van der Waals surface area contributed by atoms with E-state index in [1.54, 1.807) is 0 Å². The predicted octanol–water partition coefficient (Wildman–Crippen LogP) is 1.12. The van der Waals surface area contributed by atoms with E-state index in [-0.39, 0.29) is 5.69 Å². The first-order chi connectivity index (χ1) is 9.25. The van der Waals surface area contributed by atoms with Gasteiger partial charge in [0, 0.05) is 31.9 Å². The number of nitrogens with one attached hydrogen (secondary N) is 1. The fourth-order valence-corrected chi connectivity index (χ4v) is 1.97. The molecule has 7 heteroatoms. The van der Waals surface area contributed by atoms with E-state index in [0.29, 0.717) is 5.82 Å². The number of aromatic nitrogens is 1. The number of ether oxygens (including phenoxy) is 1. The summed E-state index contributed by atoms with van der Waals surface area (Å²) in [7, 11) is 0. The molecule has 1 aliphatic rings. The summed E-state index contributed by atoms with van der Waals surface area (Å²) in [5, 5.41) is 13.7. The minimum Gasteiger partial charge on any atom is -0.379 e. The summed E-state index contributed by atoms with van der Waals surface area (Å²) in [4.78, 5) is 16.6. The maximum atomic E-state index is 10.6. The Bertz CT molecular complexity index is 421. The van der Waals surface area contributed by atoms with Crippen LogP contribution in [0.5, 0.6) is 0 Å². The van der Waals surface area contributed by atoms with Crippen molar-refractivity contribution >= 4 is 11.5 Å². The molecule has 2 heterocycles. The number of hydrogen-bond donors (Lipinski definition) is 1. The predicted molar refractivity (Wildman–Crippen MR) is 71.3 cm³/mol. The fourth-order valence-electron chi connectivity index (χ4n) is 1.97. The summed E-state index contributed by atoms with van der Waals surface area (Å²) in [6, 6.07) is 2.84. The van der Waals surface area contributed by atoms with Crippen LogP contribution in [0.15, 0.2) is 18.3 Å². The summed E-state index contributed by atoms with van der Waals surface area (Å²) in [5.41, 5.74) is 0.0608. The van der Waals surface area contributed by atoms with Crippen LogP contribution in [-0.2, 0) is 4.74 Å². The summed E-state index contributed by atoms with van der Waals surface area (Å²) in [5.74, 6) is 0.552. The molecule has 1 saturated heterocycles. The monoisotopic (exact) mass is 266 g/mol. The summed E-state index contributed by atoms with van der Waals surface area (Å²) in [6.07, 6.45) is 2.42. The lowest BCUT2D eigenvalue weighted by Crippen LogP contribution is -2.37. The molecule has 1 aliphatic heterocycles. The van der Waals surface area contributed by atoms with Gasteiger partial charge in [-0.05, 0) is 13.0 Å². The molecule has 0 unspecified atom stereocenters. The van der Waals surface area contributed by atoms with Crippen LogP contribution in [0, 0.1) is 10.1 Å². The number of rotatable bonds is 6. The van der Waals surface area contributed by atoms with E-state index < -0.39 is 4.92 Å². The van der Waals surface area contributed by atoms with Gasteiger partial charge in [-0.25, -0.2) is 4.98 Å². The fraction of sp³-hybridized carbons (Fsp3) is 0.583. The van der Waals surface area contributed by atoms with E-state index in [4.69, 9.17) is 4.74 Å². The minimum atomic E-state index is -0.416. The normalized spacial score (nSPS) is 16.2. The smallest absolute Gasteiger partial charge is 0.274 e. The Labute approximate surface area is 111 Å². The molecular weight excluding hydrogens is 248 g/mol. The Balaban J connectivity index is 1.70. The van der Waals surface area contributed by atoms with Crippen LogP contribution in [0.25, 0.3) is 0 Å². The number of nitrogens with zero attached hydrogens (tertiary/aromatic N) is 3. The highest BCUT2D eigenvalue weighted by molar-refractivity contribution is 5.43. The van der Waals surface area contributed by atoms with Gasteiger partial charge >= 0.3 is 0 Å². The molecule has 7 nitrogen and oxygen atoms in total. The maximum Gasteiger partial charge on any atom is 0.274 e. The zero-order valence-corrected chi connectivity index (χ0v) is 10.7. The van der Waals surface area contributed by atoms with E-state index in [0.717, 1.165) is 45.8 Å². The van der Waals surface area contributed by atoms with Gasteiger partial charge in [0.05, 0.1) is 24.2 Å². The zero-order valence-electron chi connectivity index (χ0n) is 10.7. The first kappa shape index (κ1) is 13.7. The number of hydrogen-bond acceptors (Lipinski definition) is 6. The third-order valence-electron chi connectivity index (χ3n) is 3.02. The van der Waals surface area contributed by atoms with Gasteiger partial charge in [-0.2, -0.15) is 0 Å². The van der Waals surface area contributed by atoms with E-state index in [1.807, 2.05) is 0 Å². The van der Waals surface area contributed by atoms with Gasteiger partial charge in [-0.15, -0.1) is 0 Å².